The lowest BCUT2D eigenvalue weighted by atomic mass is 9.92. The number of nitrogens with one attached hydrogen (secondary N) is 1. The molecule has 1 aliphatic heterocycles. The number of carbonyl (C=O) groups excluding carboxylic acids is 1. The number of aromatic nitrogens is 2. The van der Waals surface area contributed by atoms with E-state index in [0.717, 1.165) is 12.8 Å². The van der Waals surface area contributed by atoms with Gasteiger partial charge in [0.1, 0.15) is 11.9 Å². The van der Waals surface area contributed by atoms with Gasteiger partial charge in [-0.25, -0.2) is 9.78 Å². The fourth-order valence-corrected chi connectivity index (χ4v) is 3.26. The largest absolute Gasteiger partial charge is 0.385 e. The molecule has 0 saturated carbocycles. The monoisotopic (exact) mass is 348 g/mol. The van der Waals surface area contributed by atoms with Gasteiger partial charge in [-0.15, -0.1) is 0 Å². The summed E-state index contributed by atoms with van der Waals surface area (Å²) in [5.74, 6) is 0.602. The highest BCUT2D eigenvalue weighted by Gasteiger charge is 2.31. The molecule has 6 nitrogen and oxygen atoms in total. The smallest absolute Gasteiger partial charge is 0.321 e. The Morgan fingerprint density at radius 1 is 1.46 bits per heavy atom. The molecule has 0 aliphatic carbocycles. The van der Waals surface area contributed by atoms with E-state index in [2.05, 4.69) is 10.3 Å². The second-order valence-electron chi connectivity index (χ2n) is 6.10. The minimum absolute atomic E-state index is 0.0307. The molecule has 3 rings (SSSR count). The van der Waals surface area contributed by atoms with E-state index in [1.165, 1.54) is 0 Å². The van der Waals surface area contributed by atoms with Crippen LogP contribution in [-0.4, -0.2) is 38.7 Å². The number of halogens is 1. The molecular formula is C17H21ClN4O2. The van der Waals surface area contributed by atoms with Crippen molar-refractivity contribution in [2.24, 2.45) is 13.0 Å². The van der Waals surface area contributed by atoms with Crippen molar-refractivity contribution in [2.75, 3.05) is 18.4 Å². The highest BCUT2D eigenvalue weighted by molar-refractivity contribution is 6.33. The minimum atomic E-state index is -0.680. The van der Waals surface area contributed by atoms with Gasteiger partial charge in [0.2, 0.25) is 0 Å². The van der Waals surface area contributed by atoms with Crippen molar-refractivity contribution >= 4 is 23.3 Å². The number of hydrogen-bond acceptors (Lipinski definition) is 3. The van der Waals surface area contributed by atoms with Crippen LogP contribution in [0.25, 0.3) is 0 Å². The Balaban J connectivity index is 1.66. The first kappa shape index (κ1) is 16.8. The Labute approximate surface area is 146 Å². The molecule has 1 aromatic carbocycles. The lowest BCUT2D eigenvalue weighted by molar-refractivity contribution is 0.0552. The lowest BCUT2D eigenvalue weighted by Crippen LogP contribution is -2.44. The van der Waals surface area contributed by atoms with Crippen LogP contribution in [0, 0.1) is 5.92 Å². The Morgan fingerprint density at radius 2 is 2.25 bits per heavy atom. The van der Waals surface area contributed by atoms with Gasteiger partial charge in [0, 0.05) is 38.4 Å². The molecule has 2 heterocycles. The summed E-state index contributed by atoms with van der Waals surface area (Å²) in [5.41, 5.74) is 0.593. The normalized spacial score (nSPS) is 19.1. The fourth-order valence-electron chi connectivity index (χ4n) is 3.08. The van der Waals surface area contributed by atoms with E-state index >= 15 is 0 Å². The van der Waals surface area contributed by atoms with Crippen molar-refractivity contribution < 1.29 is 9.90 Å². The van der Waals surface area contributed by atoms with E-state index in [1.54, 1.807) is 23.2 Å². The number of nitrogens with zero attached hydrogens (tertiary/aromatic N) is 3. The second-order valence-corrected chi connectivity index (χ2v) is 6.51. The third-order valence-electron chi connectivity index (χ3n) is 4.43. The predicted octanol–water partition coefficient (Wildman–Crippen LogP) is 3.05. The van der Waals surface area contributed by atoms with Crippen molar-refractivity contribution in [1.29, 1.82) is 0 Å². The summed E-state index contributed by atoms with van der Waals surface area (Å²) in [7, 11) is 1.86. The molecule has 1 fully saturated rings. The average molecular weight is 349 g/mol. The van der Waals surface area contributed by atoms with Gasteiger partial charge in [-0.1, -0.05) is 23.7 Å². The molecule has 0 bridgehead atoms. The van der Waals surface area contributed by atoms with Gasteiger partial charge < -0.3 is 19.9 Å². The van der Waals surface area contributed by atoms with Crippen LogP contribution in [0.5, 0.6) is 0 Å². The Morgan fingerprint density at radius 3 is 2.96 bits per heavy atom. The topological polar surface area (TPSA) is 70.4 Å². The van der Waals surface area contributed by atoms with E-state index in [4.69, 9.17) is 11.6 Å². The predicted molar refractivity (Wildman–Crippen MR) is 92.9 cm³/mol. The van der Waals surface area contributed by atoms with E-state index in [-0.39, 0.29) is 11.9 Å². The molecular weight excluding hydrogens is 328 g/mol. The van der Waals surface area contributed by atoms with E-state index in [9.17, 15) is 9.90 Å². The van der Waals surface area contributed by atoms with Crippen LogP contribution in [0.4, 0.5) is 10.5 Å². The van der Waals surface area contributed by atoms with Crippen molar-refractivity contribution in [1.82, 2.24) is 14.5 Å². The number of hydrogen-bond donors (Lipinski definition) is 2. The highest BCUT2D eigenvalue weighted by atomic mass is 35.5. The summed E-state index contributed by atoms with van der Waals surface area (Å²) in [4.78, 5) is 18.4. The molecule has 2 atom stereocenters. The third kappa shape index (κ3) is 3.55. The quantitative estimate of drug-likeness (QED) is 0.895. The van der Waals surface area contributed by atoms with Crippen LogP contribution in [-0.2, 0) is 7.05 Å². The summed E-state index contributed by atoms with van der Waals surface area (Å²) >= 11 is 6.09. The Hall–Kier alpha value is -2.05. The molecule has 2 aromatic rings. The number of imidazole rings is 1. The number of piperidine rings is 1. The van der Waals surface area contributed by atoms with Gasteiger partial charge in [-0.05, 0) is 25.0 Å². The number of benzene rings is 1. The van der Waals surface area contributed by atoms with E-state index in [1.807, 2.05) is 29.9 Å². The molecule has 1 aromatic heterocycles. The molecule has 2 unspecified atom stereocenters. The van der Waals surface area contributed by atoms with Crippen LogP contribution in [0.1, 0.15) is 24.8 Å². The highest BCUT2D eigenvalue weighted by Crippen LogP contribution is 2.29. The van der Waals surface area contributed by atoms with E-state index in [0.29, 0.717) is 29.6 Å². The average Bonchev–Trinajstić information content (AvgIpc) is 3.02. The van der Waals surface area contributed by atoms with Gasteiger partial charge in [0.25, 0.3) is 0 Å². The standard InChI is InChI=1S/C17H21ClN4O2/c1-21-10-8-19-16(21)15(23)12-5-4-9-22(11-12)17(24)20-14-7-3-2-6-13(14)18/h2-3,6-8,10,12,15,23H,4-5,9,11H2,1H3,(H,20,24). The number of amides is 2. The maximum absolute atomic E-state index is 12.5. The van der Waals surface area contributed by atoms with Gasteiger partial charge in [-0.2, -0.15) is 0 Å². The van der Waals surface area contributed by atoms with Gasteiger partial charge >= 0.3 is 6.03 Å². The SMILES string of the molecule is Cn1ccnc1C(O)C1CCCN(C(=O)Nc2ccccc2Cl)C1. The summed E-state index contributed by atoms with van der Waals surface area (Å²) < 4.78 is 1.81. The summed E-state index contributed by atoms with van der Waals surface area (Å²) in [6, 6.07) is 6.95. The first-order valence-electron chi connectivity index (χ1n) is 8.02. The van der Waals surface area contributed by atoms with Crippen molar-refractivity contribution in [3.8, 4) is 0 Å². The fraction of sp³-hybridized carbons (Fsp3) is 0.412. The van der Waals surface area contributed by atoms with Gasteiger partial charge in [-0.3, -0.25) is 0 Å². The molecule has 24 heavy (non-hydrogen) atoms. The molecule has 7 heteroatoms. The summed E-state index contributed by atoms with van der Waals surface area (Å²) in [5, 5.41) is 13.9. The zero-order valence-electron chi connectivity index (χ0n) is 13.5. The Bertz CT molecular complexity index is 718. The van der Waals surface area contributed by atoms with Crippen molar-refractivity contribution in [2.45, 2.75) is 18.9 Å². The number of carbonyl (C=O) groups is 1. The van der Waals surface area contributed by atoms with Crippen LogP contribution < -0.4 is 5.32 Å². The number of para-hydroxylation sites is 1. The van der Waals surface area contributed by atoms with Crippen molar-refractivity contribution in [3.05, 3.63) is 47.5 Å². The van der Waals surface area contributed by atoms with Crippen LogP contribution >= 0.6 is 11.6 Å². The third-order valence-corrected chi connectivity index (χ3v) is 4.76. The number of aliphatic hydroxyl groups excluding tert-OH is 1. The molecule has 2 N–H and O–H groups in total. The lowest BCUT2D eigenvalue weighted by Gasteiger charge is -2.34. The molecule has 0 radical (unpaired) electrons. The maximum atomic E-state index is 12.5. The second kappa shape index (κ2) is 7.23. The molecule has 2 amide bonds. The zero-order valence-corrected chi connectivity index (χ0v) is 14.3. The number of anilines is 1. The van der Waals surface area contributed by atoms with Crippen LogP contribution in [0.15, 0.2) is 36.7 Å². The van der Waals surface area contributed by atoms with Crippen LogP contribution in [0.2, 0.25) is 5.02 Å². The number of likely N-dealkylation sites (tertiary alicyclic amines) is 1. The first-order chi connectivity index (χ1) is 11.6. The maximum Gasteiger partial charge on any atom is 0.321 e. The number of rotatable bonds is 3. The minimum Gasteiger partial charge on any atom is -0.385 e. The summed E-state index contributed by atoms with van der Waals surface area (Å²) in [6.07, 6.45) is 4.51. The van der Waals surface area contributed by atoms with Gasteiger partial charge in [0.15, 0.2) is 0 Å². The molecule has 1 aliphatic rings. The number of aryl methyl sites for hydroxylation is 1. The zero-order chi connectivity index (χ0) is 17.1. The molecule has 1 saturated heterocycles. The van der Waals surface area contributed by atoms with Crippen molar-refractivity contribution in [3.63, 3.8) is 0 Å². The van der Waals surface area contributed by atoms with Gasteiger partial charge in [0.05, 0.1) is 10.7 Å². The number of aliphatic hydroxyl groups is 1. The molecule has 0 spiro atoms. The molecule has 128 valence electrons. The first-order valence-corrected chi connectivity index (χ1v) is 8.40. The number of urea groups is 1. The van der Waals surface area contributed by atoms with Crippen LogP contribution in [0.3, 0.4) is 0 Å². The van der Waals surface area contributed by atoms with E-state index < -0.39 is 6.10 Å². The Kier molecular flexibility index (Phi) is 5.06. The summed E-state index contributed by atoms with van der Waals surface area (Å²) in [6.45, 7) is 1.16.